The third kappa shape index (κ3) is 4.60. The third-order valence-electron chi connectivity index (χ3n) is 4.67. The molecule has 1 amide bonds. The Kier molecular flexibility index (Phi) is 6.07. The summed E-state index contributed by atoms with van der Waals surface area (Å²) in [6.45, 7) is 0.957. The Morgan fingerprint density at radius 3 is 2.50 bits per heavy atom. The van der Waals surface area contributed by atoms with Crippen LogP contribution in [0.5, 0.6) is 0 Å². The van der Waals surface area contributed by atoms with Gasteiger partial charge < -0.3 is 10.6 Å². The highest BCUT2D eigenvalue weighted by Crippen LogP contribution is 2.31. The third-order valence-corrected chi connectivity index (χ3v) is 4.67. The quantitative estimate of drug-likeness (QED) is 0.905. The van der Waals surface area contributed by atoms with Gasteiger partial charge in [-0.25, -0.2) is 0 Å². The Morgan fingerprint density at radius 1 is 1.18 bits per heavy atom. The molecule has 0 saturated heterocycles. The molecule has 2 aliphatic carbocycles. The first-order valence-electron chi connectivity index (χ1n) is 8.22. The largest absolute Gasteiger partial charge is 0.397 e. The molecule has 3 rings (SSSR count). The van der Waals surface area contributed by atoms with Crippen molar-refractivity contribution in [2.24, 2.45) is 5.92 Å². The zero-order chi connectivity index (χ0) is 14.7. The molecule has 1 aromatic rings. The van der Waals surface area contributed by atoms with E-state index >= 15 is 0 Å². The van der Waals surface area contributed by atoms with Crippen LogP contribution in [0.3, 0.4) is 0 Å². The molecule has 1 heterocycles. The first-order chi connectivity index (χ1) is 10.2. The van der Waals surface area contributed by atoms with Gasteiger partial charge in [0.05, 0.1) is 18.3 Å². The van der Waals surface area contributed by atoms with E-state index in [1.54, 1.807) is 6.20 Å². The molecule has 1 aromatic heterocycles. The summed E-state index contributed by atoms with van der Waals surface area (Å²) in [6.07, 6.45) is 11.0. The molecule has 0 unspecified atom stereocenters. The Bertz CT molecular complexity index is 481. The van der Waals surface area contributed by atoms with E-state index in [1.807, 2.05) is 12.1 Å². The number of carbonyl (C=O) groups excluding carboxylic acids is 1. The topological polar surface area (TPSA) is 59.2 Å². The van der Waals surface area contributed by atoms with Gasteiger partial charge in [-0.2, -0.15) is 0 Å². The van der Waals surface area contributed by atoms with E-state index in [1.165, 1.54) is 44.9 Å². The van der Waals surface area contributed by atoms with Gasteiger partial charge in [0, 0.05) is 18.3 Å². The summed E-state index contributed by atoms with van der Waals surface area (Å²) in [6, 6.07) is 4.17. The van der Waals surface area contributed by atoms with Gasteiger partial charge in [0.25, 0.3) is 0 Å². The molecule has 0 aliphatic heterocycles. The monoisotopic (exact) mass is 323 g/mol. The Labute approximate surface area is 138 Å². The fourth-order valence-corrected chi connectivity index (χ4v) is 3.29. The highest BCUT2D eigenvalue weighted by atomic mass is 35.5. The fourth-order valence-electron chi connectivity index (χ4n) is 3.29. The average molecular weight is 324 g/mol. The second-order valence-electron chi connectivity index (χ2n) is 6.54. The molecular formula is C17H26ClN3O. The molecule has 0 atom stereocenters. The van der Waals surface area contributed by atoms with E-state index in [2.05, 4.69) is 9.88 Å². The number of aromatic nitrogens is 1. The maximum atomic E-state index is 12.6. The van der Waals surface area contributed by atoms with Crippen LogP contribution in [-0.2, 0) is 11.2 Å². The summed E-state index contributed by atoms with van der Waals surface area (Å²) < 4.78 is 0. The summed E-state index contributed by atoms with van der Waals surface area (Å²) in [5.41, 5.74) is 7.11. The maximum absolute atomic E-state index is 12.6. The normalized spacial score (nSPS) is 18.5. The van der Waals surface area contributed by atoms with Crippen molar-refractivity contribution in [3.05, 3.63) is 24.0 Å². The van der Waals surface area contributed by atoms with Crippen molar-refractivity contribution in [1.29, 1.82) is 0 Å². The van der Waals surface area contributed by atoms with Crippen LogP contribution in [0.2, 0.25) is 0 Å². The van der Waals surface area contributed by atoms with Crippen LogP contribution in [0.4, 0.5) is 5.69 Å². The zero-order valence-electron chi connectivity index (χ0n) is 13.0. The van der Waals surface area contributed by atoms with Crippen molar-refractivity contribution >= 4 is 24.0 Å². The first kappa shape index (κ1) is 17.1. The molecule has 122 valence electrons. The first-order valence-corrected chi connectivity index (χ1v) is 8.22. The number of rotatable bonds is 5. The number of amides is 1. The van der Waals surface area contributed by atoms with Crippen LogP contribution >= 0.6 is 12.4 Å². The SMILES string of the molecule is Cl.Nc1ccc(CC(=O)N(CC2CCCCC2)C2CC2)nc1. The molecule has 2 fully saturated rings. The lowest BCUT2D eigenvalue weighted by molar-refractivity contribution is -0.132. The molecule has 2 N–H and O–H groups in total. The summed E-state index contributed by atoms with van der Waals surface area (Å²) in [4.78, 5) is 19.0. The van der Waals surface area contributed by atoms with E-state index in [0.29, 0.717) is 24.1 Å². The number of pyridine rings is 1. The van der Waals surface area contributed by atoms with Gasteiger partial charge in [0.1, 0.15) is 0 Å². The lowest BCUT2D eigenvalue weighted by Crippen LogP contribution is -2.38. The molecule has 22 heavy (non-hydrogen) atoms. The van der Waals surface area contributed by atoms with E-state index in [4.69, 9.17) is 5.73 Å². The standard InChI is InChI=1S/C17H25N3O.ClH/c18-14-6-7-15(19-11-14)10-17(21)20(16-8-9-16)12-13-4-2-1-3-5-13;/h6-7,11,13,16H,1-5,8-10,12,18H2;1H. The van der Waals surface area contributed by atoms with Gasteiger partial charge in [-0.15, -0.1) is 12.4 Å². The molecule has 0 spiro atoms. The molecular weight excluding hydrogens is 298 g/mol. The number of anilines is 1. The number of carbonyl (C=O) groups is 1. The van der Waals surface area contributed by atoms with Crippen molar-refractivity contribution in [3.63, 3.8) is 0 Å². The molecule has 2 aliphatic rings. The van der Waals surface area contributed by atoms with Gasteiger partial charge >= 0.3 is 0 Å². The van der Waals surface area contributed by atoms with E-state index in [9.17, 15) is 4.79 Å². The molecule has 2 saturated carbocycles. The predicted octanol–water partition coefficient (Wildman–Crippen LogP) is 3.20. The maximum Gasteiger partial charge on any atom is 0.228 e. The molecule has 0 bridgehead atoms. The second kappa shape index (κ2) is 7.82. The number of nitrogen functional groups attached to an aromatic ring is 1. The molecule has 0 radical (unpaired) electrons. The molecule has 5 heteroatoms. The van der Waals surface area contributed by atoms with Crippen molar-refractivity contribution in [2.45, 2.75) is 57.4 Å². The van der Waals surface area contributed by atoms with Crippen LogP contribution in [0, 0.1) is 5.92 Å². The van der Waals surface area contributed by atoms with Crippen molar-refractivity contribution < 1.29 is 4.79 Å². The minimum Gasteiger partial charge on any atom is -0.397 e. The fraction of sp³-hybridized carbons (Fsp3) is 0.647. The van der Waals surface area contributed by atoms with Gasteiger partial charge in [-0.05, 0) is 43.7 Å². The summed E-state index contributed by atoms with van der Waals surface area (Å²) in [5.74, 6) is 0.947. The number of nitrogens with zero attached hydrogens (tertiary/aromatic N) is 2. The van der Waals surface area contributed by atoms with Crippen LogP contribution in [0.25, 0.3) is 0 Å². The van der Waals surface area contributed by atoms with Crippen LogP contribution in [0.1, 0.15) is 50.6 Å². The average Bonchev–Trinajstić information content (AvgIpc) is 3.33. The zero-order valence-corrected chi connectivity index (χ0v) is 13.9. The highest BCUT2D eigenvalue weighted by Gasteiger charge is 2.34. The van der Waals surface area contributed by atoms with Gasteiger partial charge in [0.15, 0.2) is 0 Å². The number of hydrogen-bond acceptors (Lipinski definition) is 3. The van der Waals surface area contributed by atoms with Crippen LogP contribution < -0.4 is 5.73 Å². The number of halogens is 1. The van der Waals surface area contributed by atoms with Crippen LogP contribution in [-0.4, -0.2) is 28.4 Å². The van der Waals surface area contributed by atoms with Crippen LogP contribution in [0.15, 0.2) is 18.3 Å². The van der Waals surface area contributed by atoms with E-state index in [0.717, 1.165) is 12.2 Å². The lowest BCUT2D eigenvalue weighted by Gasteiger charge is -2.30. The predicted molar refractivity (Wildman–Crippen MR) is 90.9 cm³/mol. The van der Waals surface area contributed by atoms with E-state index in [-0.39, 0.29) is 18.3 Å². The highest BCUT2D eigenvalue weighted by molar-refractivity contribution is 5.85. The number of nitrogens with two attached hydrogens (primary N) is 1. The summed E-state index contributed by atoms with van der Waals surface area (Å²) >= 11 is 0. The Morgan fingerprint density at radius 2 is 1.91 bits per heavy atom. The Hall–Kier alpha value is -1.29. The van der Waals surface area contributed by atoms with Crippen molar-refractivity contribution in [3.8, 4) is 0 Å². The van der Waals surface area contributed by atoms with Crippen molar-refractivity contribution in [2.75, 3.05) is 12.3 Å². The minimum absolute atomic E-state index is 0. The minimum atomic E-state index is 0. The molecule has 4 nitrogen and oxygen atoms in total. The second-order valence-corrected chi connectivity index (χ2v) is 6.54. The van der Waals surface area contributed by atoms with E-state index < -0.39 is 0 Å². The Balaban J connectivity index is 0.00000176. The lowest BCUT2D eigenvalue weighted by atomic mass is 9.89. The van der Waals surface area contributed by atoms with Crippen molar-refractivity contribution in [1.82, 2.24) is 9.88 Å². The smallest absolute Gasteiger partial charge is 0.228 e. The van der Waals surface area contributed by atoms with Gasteiger partial charge in [-0.3, -0.25) is 9.78 Å². The summed E-state index contributed by atoms with van der Waals surface area (Å²) in [7, 11) is 0. The molecule has 0 aromatic carbocycles. The number of hydrogen-bond donors (Lipinski definition) is 1. The van der Waals surface area contributed by atoms with Gasteiger partial charge in [0.2, 0.25) is 5.91 Å². The summed E-state index contributed by atoms with van der Waals surface area (Å²) in [5, 5.41) is 0. The van der Waals surface area contributed by atoms with Gasteiger partial charge in [-0.1, -0.05) is 19.3 Å².